The summed E-state index contributed by atoms with van der Waals surface area (Å²) >= 11 is 0. The molecule has 49 heavy (non-hydrogen) atoms. The van der Waals surface area contributed by atoms with Gasteiger partial charge in [0, 0.05) is 32.5 Å². The molecule has 0 spiro atoms. The quantitative estimate of drug-likeness (QED) is 0.0613. The Kier molecular flexibility index (Phi) is 17.6. The minimum Gasteiger partial charge on any atom is -0.455 e. The van der Waals surface area contributed by atoms with Crippen molar-refractivity contribution in [2.75, 3.05) is 13.2 Å². The first kappa shape index (κ1) is 43.0. The molecule has 0 bridgehead atoms. The van der Waals surface area contributed by atoms with Crippen molar-refractivity contribution in [3.8, 4) is 0 Å². The molecule has 2 N–H and O–H groups in total. The largest absolute Gasteiger partial charge is 0.455 e. The molecule has 12 unspecified atom stereocenters. The summed E-state index contributed by atoms with van der Waals surface area (Å²) in [6.07, 6.45) is 6.46. The van der Waals surface area contributed by atoms with Gasteiger partial charge in [-0.2, -0.15) is 0 Å². The lowest BCUT2D eigenvalue weighted by atomic mass is 9.88. The number of aliphatic hydroxyl groups is 2. The van der Waals surface area contributed by atoms with Crippen LogP contribution < -0.4 is 0 Å². The molecule has 0 aromatic carbocycles. The van der Waals surface area contributed by atoms with Crippen LogP contribution in [-0.2, 0) is 42.7 Å². The Morgan fingerprint density at radius 1 is 1.10 bits per heavy atom. The minimum atomic E-state index is -1.79. The third-order valence-corrected chi connectivity index (χ3v) is 9.21. The van der Waals surface area contributed by atoms with Crippen molar-refractivity contribution in [1.82, 2.24) is 0 Å². The van der Waals surface area contributed by atoms with E-state index < -0.39 is 66.1 Å². The van der Waals surface area contributed by atoms with E-state index in [1.54, 1.807) is 19.9 Å². The molecule has 2 aliphatic rings. The van der Waals surface area contributed by atoms with Crippen LogP contribution in [0, 0.1) is 11.8 Å². The van der Waals surface area contributed by atoms with Gasteiger partial charge in [0.25, 0.3) is 0 Å². The van der Waals surface area contributed by atoms with Crippen molar-refractivity contribution in [2.24, 2.45) is 11.8 Å². The van der Waals surface area contributed by atoms with Crippen LogP contribution in [0.4, 0.5) is 0 Å². The maximum absolute atomic E-state index is 13.1. The van der Waals surface area contributed by atoms with Crippen LogP contribution in [-0.4, -0.2) is 95.8 Å². The molecule has 2 rings (SSSR count). The number of carbonyl (C=O) groups excluding carboxylic acids is 2. The Balaban J connectivity index is 2.44. The molecule has 12 atom stereocenters. The first-order valence-corrected chi connectivity index (χ1v) is 18.0. The third-order valence-electron chi connectivity index (χ3n) is 9.21. The van der Waals surface area contributed by atoms with E-state index >= 15 is 0 Å². The molecule has 2 aliphatic heterocycles. The van der Waals surface area contributed by atoms with Crippen molar-refractivity contribution >= 4 is 11.9 Å². The zero-order valence-electron chi connectivity index (χ0n) is 31.7. The Hall–Kier alpha value is -2.12. The number of carbonyl (C=O) groups is 2. The number of hydrogen-bond acceptors (Lipinski definition) is 11. The molecule has 0 aliphatic carbocycles. The average Bonchev–Trinajstić information content (AvgIpc) is 3.78. The highest BCUT2D eigenvalue weighted by Crippen LogP contribution is 2.39. The lowest BCUT2D eigenvalue weighted by molar-refractivity contribution is -0.228. The molecule has 1 fully saturated rings. The molecule has 11 heteroatoms. The van der Waals surface area contributed by atoms with E-state index in [4.69, 9.17) is 33.2 Å². The Labute approximate surface area is 294 Å². The average molecular weight is 697 g/mol. The van der Waals surface area contributed by atoms with Gasteiger partial charge in [-0.3, -0.25) is 4.79 Å². The van der Waals surface area contributed by atoms with E-state index in [2.05, 4.69) is 13.8 Å². The highest BCUT2D eigenvalue weighted by molar-refractivity contribution is 5.75. The fourth-order valence-corrected chi connectivity index (χ4v) is 6.54. The summed E-state index contributed by atoms with van der Waals surface area (Å²) < 4.78 is 41.5. The fraction of sp³-hybridized carbons (Fsp3) is 0.789. The normalized spacial score (nSPS) is 33.8. The molecule has 0 radical (unpaired) electrons. The van der Waals surface area contributed by atoms with E-state index in [0.717, 1.165) is 12.8 Å². The first-order valence-electron chi connectivity index (χ1n) is 18.0. The number of allylic oxidation sites excluding steroid dienone is 2. The molecule has 0 aromatic rings. The van der Waals surface area contributed by atoms with Gasteiger partial charge in [0.1, 0.15) is 17.8 Å². The maximum atomic E-state index is 13.1. The third kappa shape index (κ3) is 13.8. The van der Waals surface area contributed by atoms with E-state index in [9.17, 15) is 19.8 Å². The number of ether oxygens (including phenoxy) is 7. The topological polar surface area (TPSA) is 143 Å². The van der Waals surface area contributed by atoms with Gasteiger partial charge >= 0.3 is 11.9 Å². The molecule has 0 aromatic heterocycles. The van der Waals surface area contributed by atoms with Crippen LogP contribution in [0.5, 0.6) is 0 Å². The molecule has 282 valence electrons. The SMILES string of the molecule is CCCC(C)C1OC1CC(C)(/C=C/C=C(\C)C1OC(=O)C(O)C(O)CCC(C)(OC(C)OCC)C(OC(C)=O)/C=C/C1C)OC(C)OCC. The van der Waals surface area contributed by atoms with Crippen LogP contribution in [0.25, 0.3) is 0 Å². The Bertz CT molecular complexity index is 1120. The van der Waals surface area contributed by atoms with Gasteiger partial charge in [-0.25, -0.2) is 4.79 Å². The summed E-state index contributed by atoms with van der Waals surface area (Å²) in [4.78, 5) is 25.4. The highest BCUT2D eigenvalue weighted by atomic mass is 16.7. The molecular weight excluding hydrogens is 632 g/mol. The number of cyclic esters (lactones) is 1. The molecule has 2 heterocycles. The smallest absolute Gasteiger partial charge is 0.338 e. The van der Waals surface area contributed by atoms with Gasteiger partial charge < -0.3 is 43.4 Å². The van der Waals surface area contributed by atoms with Crippen LogP contribution in [0.3, 0.4) is 0 Å². The number of epoxide rings is 1. The van der Waals surface area contributed by atoms with Gasteiger partial charge in [0.15, 0.2) is 18.7 Å². The minimum absolute atomic E-state index is 0.0312. The zero-order chi connectivity index (χ0) is 36.9. The summed E-state index contributed by atoms with van der Waals surface area (Å²) in [6, 6.07) is 0. The van der Waals surface area contributed by atoms with Crippen LogP contribution >= 0.6 is 0 Å². The number of esters is 2. The van der Waals surface area contributed by atoms with Gasteiger partial charge in [-0.05, 0) is 85.3 Å². The Morgan fingerprint density at radius 3 is 2.37 bits per heavy atom. The number of aliphatic hydroxyl groups excluding tert-OH is 2. The van der Waals surface area contributed by atoms with Crippen molar-refractivity contribution in [1.29, 1.82) is 0 Å². The van der Waals surface area contributed by atoms with E-state index in [-0.39, 0.29) is 25.0 Å². The van der Waals surface area contributed by atoms with E-state index in [1.165, 1.54) is 6.92 Å². The van der Waals surface area contributed by atoms with Crippen molar-refractivity contribution in [2.45, 2.75) is 169 Å². The summed E-state index contributed by atoms with van der Waals surface area (Å²) in [6.45, 7) is 21.4. The summed E-state index contributed by atoms with van der Waals surface area (Å²) in [5.41, 5.74) is -1.16. The number of rotatable bonds is 17. The lowest BCUT2D eigenvalue weighted by Crippen LogP contribution is -2.48. The molecule has 11 nitrogen and oxygen atoms in total. The maximum Gasteiger partial charge on any atom is 0.338 e. The zero-order valence-corrected chi connectivity index (χ0v) is 31.7. The summed E-state index contributed by atoms with van der Waals surface area (Å²) in [5, 5.41) is 21.6. The predicted octanol–water partition coefficient (Wildman–Crippen LogP) is 5.95. The fourth-order valence-electron chi connectivity index (χ4n) is 6.54. The molecule has 1 saturated heterocycles. The van der Waals surface area contributed by atoms with Gasteiger partial charge in [0.2, 0.25) is 0 Å². The molecular formula is C38H64O11. The lowest BCUT2D eigenvalue weighted by Gasteiger charge is -2.38. The van der Waals surface area contributed by atoms with Gasteiger partial charge in [-0.1, -0.05) is 51.5 Å². The van der Waals surface area contributed by atoms with Crippen LogP contribution in [0.2, 0.25) is 0 Å². The van der Waals surface area contributed by atoms with Crippen LogP contribution in [0.15, 0.2) is 36.0 Å². The van der Waals surface area contributed by atoms with Crippen molar-refractivity contribution in [3.63, 3.8) is 0 Å². The number of hydrogen-bond donors (Lipinski definition) is 2. The van der Waals surface area contributed by atoms with Crippen LogP contribution in [0.1, 0.15) is 108 Å². The molecule has 0 amide bonds. The second-order valence-corrected chi connectivity index (χ2v) is 14.0. The second kappa shape index (κ2) is 20.1. The van der Waals surface area contributed by atoms with E-state index in [0.29, 0.717) is 31.1 Å². The highest BCUT2D eigenvalue weighted by Gasteiger charge is 2.46. The van der Waals surface area contributed by atoms with Crippen molar-refractivity contribution in [3.05, 3.63) is 36.0 Å². The first-order chi connectivity index (χ1) is 23.0. The molecule has 0 saturated carbocycles. The predicted molar refractivity (Wildman–Crippen MR) is 186 cm³/mol. The van der Waals surface area contributed by atoms with E-state index in [1.807, 2.05) is 65.8 Å². The standard InChI is InChI=1S/C38H64O11/c1-12-16-24(4)35-31(46-35)23-37(10,48-28(8)43-13-2)21-15-17-25(5)34-26(6)18-19-32(45-27(7)39)38(11,49-29(9)44-14-3)22-20-30(40)33(41)36(42)47-34/h15,17-19,21,24,26,28-35,40-41H,12-14,16,20,22-23H2,1-11H3/b19-18+,21-15+,25-17+. The Morgan fingerprint density at radius 2 is 1.76 bits per heavy atom. The monoisotopic (exact) mass is 696 g/mol. The van der Waals surface area contributed by atoms with Gasteiger partial charge in [-0.15, -0.1) is 0 Å². The summed E-state index contributed by atoms with van der Waals surface area (Å²) in [5.74, 6) is -1.41. The van der Waals surface area contributed by atoms with Crippen molar-refractivity contribution < 1.29 is 53.0 Å². The summed E-state index contributed by atoms with van der Waals surface area (Å²) in [7, 11) is 0. The second-order valence-electron chi connectivity index (χ2n) is 14.0. The van der Waals surface area contributed by atoms with Gasteiger partial charge in [0.05, 0.1) is 23.9 Å².